The third-order valence-corrected chi connectivity index (χ3v) is 0.640. The SMILES string of the molecule is [C-]#[N+]CCOC=C(C)C. The van der Waals surface area contributed by atoms with Gasteiger partial charge in [0.25, 0.3) is 0 Å². The second-order valence-corrected chi connectivity index (χ2v) is 1.95. The monoisotopic (exact) mass is 125 g/mol. The lowest BCUT2D eigenvalue weighted by Gasteiger charge is -1.92. The van der Waals surface area contributed by atoms with Crippen molar-refractivity contribution in [2.75, 3.05) is 13.2 Å². The van der Waals surface area contributed by atoms with Crippen LogP contribution in [-0.4, -0.2) is 13.2 Å². The van der Waals surface area contributed by atoms with E-state index in [1.807, 2.05) is 13.8 Å². The van der Waals surface area contributed by atoms with E-state index in [0.29, 0.717) is 13.2 Å². The summed E-state index contributed by atoms with van der Waals surface area (Å²) >= 11 is 0. The largest absolute Gasteiger partial charge is 0.493 e. The molecule has 0 amide bonds. The smallest absolute Gasteiger partial charge is 0.248 e. The standard InChI is InChI=1S/C7H11NO/c1-7(2)6-9-5-4-8-3/h6H,4-5H2,1-2H3. The first-order valence-corrected chi connectivity index (χ1v) is 2.85. The van der Waals surface area contributed by atoms with Gasteiger partial charge in [-0.2, -0.15) is 0 Å². The molecule has 0 atom stereocenters. The van der Waals surface area contributed by atoms with Crippen LogP contribution in [0.1, 0.15) is 13.8 Å². The molecule has 0 bridgehead atoms. The molecule has 0 spiro atoms. The lowest BCUT2D eigenvalue weighted by molar-refractivity contribution is 0.263. The van der Waals surface area contributed by atoms with Gasteiger partial charge in [0, 0.05) is 0 Å². The Balaban J connectivity index is 3.12. The number of nitrogens with zero attached hydrogens (tertiary/aromatic N) is 1. The summed E-state index contributed by atoms with van der Waals surface area (Å²) in [4.78, 5) is 3.13. The van der Waals surface area contributed by atoms with E-state index < -0.39 is 0 Å². The molecule has 2 heteroatoms. The zero-order valence-electron chi connectivity index (χ0n) is 5.85. The van der Waals surface area contributed by atoms with Gasteiger partial charge in [-0.1, -0.05) is 0 Å². The second-order valence-electron chi connectivity index (χ2n) is 1.95. The zero-order valence-corrected chi connectivity index (χ0v) is 5.85. The summed E-state index contributed by atoms with van der Waals surface area (Å²) in [5.74, 6) is 0. The number of rotatable bonds is 3. The molecule has 0 aliphatic rings. The maximum Gasteiger partial charge on any atom is 0.248 e. The van der Waals surface area contributed by atoms with E-state index in [-0.39, 0.29) is 0 Å². The Morgan fingerprint density at radius 3 is 2.78 bits per heavy atom. The van der Waals surface area contributed by atoms with Crippen LogP contribution in [0, 0.1) is 6.57 Å². The van der Waals surface area contributed by atoms with E-state index in [1.54, 1.807) is 6.26 Å². The molecule has 0 aliphatic heterocycles. The van der Waals surface area contributed by atoms with Crippen molar-refractivity contribution in [3.05, 3.63) is 23.3 Å². The minimum atomic E-state index is 0.448. The van der Waals surface area contributed by atoms with Crippen LogP contribution in [0.2, 0.25) is 0 Å². The Hall–Kier alpha value is -0.970. The molecule has 0 saturated heterocycles. The first kappa shape index (κ1) is 8.03. The highest BCUT2D eigenvalue weighted by Gasteiger charge is 1.82. The zero-order chi connectivity index (χ0) is 7.11. The highest BCUT2D eigenvalue weighted by molar-refractivity contribution is 4.86. The van der Waals surface area contributed by atoms with Crippen LogP contribution in [0.15, 0.2) is 11.8 Å². The molecular weight excluding hydrogens is 114 g/mol. The van der Waals surface area contributed by atoms with Crippen LogP contribution in [-0.2, 0) is 4.74 Å². The topological polar surface area (TPSA) is 13.6 Å². The van der Waals surface area contributed by atoms with Gasteiger partial charge in [0.2, 0.25) is 6.54 Å². The number of hydrogen-bond donors (Lipinski definition) is 0. The highest BCUT2D eigenvalue weighted by atomic mass is 16.5. The summed E-state index contributed by atoms with van der Waals surface area (Å²) in [6, 6.07) is 0. The molecule has 0 radical (unpaired) electrons. The average Bonchev–Trinajstić information content (AvgIpc) is 1.80. The fourth-order valence-electron chi connectivity index (χ4n) is 0.324. The molecule has 9 heavy (non-hydrogen) atoms. The molecule has 0 N–H and O–H groups in total. The van der Waals surface area contributed by atoms with Crippen LogP contribution in [0.5, 0.6) is 0 Å². The van der Waals surface area contributed by atoms with Crippen LogP contribution in [0.4, 0.5) is 0 Å². The molecule has 2 nitrogen and oxygen atoms in total. The Bertz CT molecular complexity index is 128. The maximum absolute atomic E-state index is 6.41. The predicted molar refractivity (Wildman–Crippen MR) is 36.9 cm³/mol. The number of hydrogen-bond acceptors (Lipinski definition) is 1. The van der Waals surface area contributed by atoms with Crippen LogP contribution in [0.3, 0.4) is 0 Å². The molecule has 0 aromatic heterocycles. The van der Waals surface area contributed by atoms with E-state index in [4.69, 9.17) is 11.3 Å². The first-order chi connectivity index (χ1) is 4.27. The highest BCUT2D eigenvalue weighted by Crippen LogP contribution is 1.88. The van der Waals surface area contributed by atoms with Crippen LogP contribution in [0.25, 0.3) is 4.85 Å². The van der Waals surface area contributed by atoms with Crippen molar-refractivity contribution >= 4 is 0 Å². The van der Waals surface area contributed by atoms with Gasteiger partial charge in [0.05, 0.1) is 6.26 Å². The number of allylic oxidation sites excluding steroid dienone is 1. The fraction of sp³-hybridized carbons (Fsp3) is 0.571. The minimum absolute atomic E-state index is 0.448. The van der Waals surface area contributed by atoms with E-state index >= 15 is 0 Å². The summed E-state index contributed by atoms with van der Waals surface area (Å²) in [6.45, 7) is 11.3. The lowest BCUT2D eigenvalue weighted by atomic mass is 10.4. The van der Waals surface area contributed by atoms with Gasteiger partial charge in [-0.05, 0) is 19.4 Å². The third kappa shape index (κ3) is 7.03. The normalized spacial score (nSPS) is 7.67. The van der Waals surface area contributed by atoms with E-state index in [9.17, 15) is 0 Å². The van der Waals surface area contributed by atoms with Crippen molar-refractivity contribution in [3.8, 4) is 0 Å². The van der Waals surface area contributed by atoms with Crippen LogP contribution < -0.4 is 0 Å². The Morgan fingerprint density at radius 2 is 2.33 bits per heavy atom. The van der Waals surface area contributed by atoms with E-state index in [2.05, 4.69) is 4.85 Å². The molecule has 0 heterocycles. The lowest BCUT2D eigenvalue weighted by Crippen LogP contribution is -1.89. The summed E-state index contributed by atoms with van der Waals surface area (Å²) < 4.78 is 4.96. The van der Waals surface area contributed by atoms with Crippen molar-refractivity contribution in [3.63, 3.8) is 0 Å². The number of ether oxygens (including phenoxy) is 1. The first-order valence-electron chi connectivity index (χ1n) is 2.85. The molecule has 0 aromatic rings. The summed E-state index contributed by atoms with van der Waals surface area (Å²) in [5, 5.41) is 0. The van der Waals surface area contributed by atoms with Gasteiger partial charge in [-0.25, -0.2) is 6.57 Å². The van der Waals surface area contributed by atoms with Gasteiger partial charge in [0.1, 0.15) is 0 Å². The molecule has 0 aliphatic carbocycles. The third-order valence-electron chi connectivity index (χ3n) is 0.640. The molecular formula is C7H11NO. The summed E-state index contributed by atoms with van der Waals surface area (Å²) in [6.07, 6.45) is 1.67. The van der Waals surface area contributed by atoms with Gasteiger partial charge in [0.15, 0.2) is 6.61 Å². The Labute approximate surface area is 56.0 Å². The molecule has 50 valence electrons. The molecule has 0 rings (SSSR count). The van der Waals surface area contributed by atoms with E-state index in [1.165, 1.54) is 0 Å². The van der Waals surface area contributed by atoms with Crippen molar-refractivity contribution in [1.82, 2.24) is 0 Å². The van der Waals surface area contributed by atoms with Gasteiger partial charge in [-0.15, -0.1) is 0 Å². The van der Waals surface area contributed by atoms with E-state index in [0.717, 1.165) is 5.57 Å². The summed E-state index contributed by atoms with van der Waals surface area (Å²) in [5.41, 5.74) is 1.12. The van der Waals surface area contributed by atoms with Crippen molar-refractivity contribution in [2.24, 2.45) is 0 Å². The quantitative estimate of drug-likeness (QED) is 0.319. The fourth-order valence-corrected chi connectivity index (χ4v) is 0.324. The molecule has 0 aromatic carbocycles. The van der Waals surface area contributed by atoms with Gasteiger partial charge in [-0.3, -0.25) is 0 Å². The summed E-state index contributed by atoms with van der Waals surface area (Å²) in [7, 11) is 0. The molecule has 0 unspecified atom stereocenters. The van der Waals surface area contributed by atoms with Gasteiger partial charge < -0.3 is 9.58 Å². The second kappa shape index (κ2) is 5.17. The van der Waals surface area contributed by atoms with Gasteiger partial charge >= 0.3 is 0 Å². The minimum Gasteiger partial charge on any atom is -0.493 e. The average molecular weight is 125 g/mol. The van der Waals surface area contributed by atoms with Crippen molar-refractivity contribution < 1.29 is 4.74 Å². The van der Waals surface area contributed by atoms with Crippen molar-refractivity contribution in [1.29, 1.82) is 0 Å². The van der Waals surface area contributed by atoms with Crippen molar-refractivity contribution in [2.45, 2.75) is 13.8 Å². The Kier molecular flexibility index (Phi) is 4.61. The maximum atomic E-state index is 6.41. The Morgan fingerprint density at radius 1 is 1.67 bits per heavy atom. The molecule has 0 saturated carbocycles. The molecule has 0 fully saturated rings. The van der Waals surface area contributed by atoms with Crippen LogP contribution >= 0.6 is 0 Å². The predicted octanol–water partition coefficient (Wildman–Crippen LogP) is 1.85.